The second-order valence-corrected chi connectivity index (χ2v) is 7.92. The van der Waals surface area contributed by atoms with Crippen LogP contribution in [0.5, 0.6) is 0 Å². The van der Waals surface area contributed by atoms with Gasteiger partial charge in [0.2, 0.25) is 15.9 Å². The maximum absolute atomic E-state index is 12.0. The molecule has 0 atom stereocenters. The van der Waals surface area contributed by atoms with Gasteiger partial charge >= 0.3 is 0 Å². The highest BCUT2D eigenvalue weighted by Crippen LogP contribution is 2.27. The maximum Gasteiger partial charge on any atom is 0.240 e. The summed E-state index contributed by atoms with van der Waals surface area (Å²) in [6.07, 6.45) is 5.24. The summed E-state index contributed by atoms with van der Waals surface area (Å²) in [6.45, 7) is 3.55. The van der Waals surface area contributed by atoms with Crippen LogP contribution in [0.1, 0.15) is 46.0 Å². The monoisotopic (exact) mass is 324 g/mol. The first kappa shape index (κ1) is 17.0. The van der Waals surface area contributed by atoms with Gasteiger partial charge in [0.1, 0.15) is 0 Å². The van der Waals surface area contributed by atoms with Crippen molar-refractivity contribution in [3.8, 4) is 0 Å². The van der Waals surface area contributed by atoms with Crippen molar-refractivity contribution in [2.45, 2.75) is 56.9 Å². The van der Waals surface area contributed by atoms with Gasteiger partial charge in [-0.1, -0.05) is 12.8 Å². The summed E-state index contributed by atoms with van der Waals surface area (Å²) in [5.41, 5.74) is 0.631. The smallest absolute Gasteiger partial charge is 0.240 e. The van der Waals surface area contributed by atoms with E-state index in [4.69, 9.17) is 0 Å². The summed E-state index contributed by atoms with van der Waals surface area (Å²) in [7, 11) is -3.49. The van der Waals surface area contributed by atoms with E-state index in [1.807, 2.05) is 0 Å². The second-order valence-electron chi connectivity index (χ2n) is 6.20. The molecule has 1 fully saturated rings. The number of sulfonamides is 1. The Morgan fingerprint density at radius 1 is 1.18 bits per heavy atom. The van der Waals surface area contributed by atoms with Gasteiger partial charge in [-0.25, -0.2) is 13.1 Å². The van der Waals surface area contributed by atoms with Gasteiger partial charge in [0.05, 0.1) is 4.90 Å². The Bertz CT molecular complexity index is 603. The standard InChI is InChI=1S/C16H24N2O3S/c1-12(2)18-22(20,21)15-9-7-14(8-10-15)17-16(19)11-13-5-3-4-6-13/h7-10,12-13,18H,3-6,11H2,1-2H3,(H,17,19). The van der Waals surface area contributed by atoms with E-state index in [-0.39, 0.29) is 16.8 Å². The maximum atomic E-state index is 12.0. The van der Waals surface area contributed by atoms with Gasteiger partial charge in [-0.3, -0.25) is 4.79 Å². The van der Waals surface area contributed by atoms with Crippen LogP contribution in [0.4, 0.5) is 5.69 Å². The van der Waals surface area contributed by atoms with Gasteiger partial charge in [-0.05, 0) is 56.9 Å². The van der Waals surface area contributed by atoms with E-state index < -0.39 is 10.0 Å². The molecule has 1 aliphatic rings. The molecule has 2 rings (SSSR count). The first-order valence-electron chi connectivity index (χ1n) is 7.79. The third-order valence-electron chi connectivity index (χ3n) is 3.79. The van der Waals surface area contributed by atoms with Gasteiger partial charge in [-0.15, -0.1) is 0 Å². The molecule has 1 saturated carbocycles. The molecule has 0 bridgehead atoms. The van der Waals surface area contributed by atoms with E-state index in [0.717, 1.165) is 12.8 Å². The molecule has 1 aromatic rings. The van der Waals surface area contributed by atoms with Gasteiger partial charge < -0.3 is 5.32 Å². The summed E-state index contributed by atoms with van der Waals surface area (Å²) < 4.78 is 26.5. The number of hydrogen-bond donors (Lipinski definition) is 2. The molecular formula is C16H24N2O3S. The van der Waals surface area contributed by atoms with Crippen LogP contribution in [-0.2, 0) is 14.8 Å². The minimum atomic E-state index is -3.49. The quantitative estimate of drug-likeness (QED) is 0.845. The van der Waals surface area contributed by atoms with Crippen molar-refractivity contribution in [1.29, 1.82) is 0 Å². The van der Waals surface area contributed by atoms with Gasteiger partial charge in [-0.2, -0.15) is 0 Å². The molecule has 5 nitrogen and oxygen atoms in total. The Hall–Kier alpha value is -1.40. The molecule has 1 aliphatic carbocycles. The zero-order chi connectivity index (χ0) is 16.2. The molecule has 0 spiro atoms. The molecule has 0 aliphatic heterocycles. The zero-order valence-electron chi connectivity index (χ0n) is 13.1. The molecule has 1 amide bonds. The fraction of sp³-hybridized carbons (Fsp3) is 0.562. The predicted molar refractivity (Wildman–Crippen MR) is 87.1 cm³/mol. The van der Waals surface area contributed by atoms with Crippen molar-refractivity contribution in [2.75, 3.05) is 5.32 Å². The lowest BCUT2D eigenvalue weighted by atomic mass is 10.0. The van der Waals surface area contributed by atoms with E-state index >= 15 is 0 Å². The van der Waals surface area contributed by atoms with Gasteiger partial charge in [0.15, 0.2) is 0 Å². The Morgan fingerprint density at radius 3 is 2.32 bits per heavy atom. The van der Waals surface area contributed by atoms with Gasteiger partial charge in [0, 0.05) is 18.2 Å². The highest BCUT2D eigenvalue weighted by molar-refractivity contribution is 7.89. The number of anilines is 1. The van der Waals surface area contributed by atoms with Crippen molar-refractivity contribution in [3.05, 3.63) is 24.3 Å². The molecule has 0 aromatic heterocycles. The number of hydrogen-bond acceptors (Lipinski definition) is 3. The molecule has 0 saturated heterocycles. The minimum absolute atomic E-state index is 0.00260. The molecular weight excluding hydrogens is 300 g/mol. The fourth-order valence-electron chi connectivity index (χ4n) is 2.78. The van der Waals surface area contributed by atoms with Crippen LogP contribution in [0.15, 0.2) is 29.2 Å². The van der Waals surface area contributed by atoms with Crippen LogP contribution in [0, 0.1) is 5.92 Å². The molecule has 2 N–H and O–H groups in total. The summed E-state index contributed by atoms with van der Waals surface area (Å²) >= 11 is 0. The van der Waals surface area contributed by atoms with Crippen LogP contribution in [0.25, 0.3) is 0 Å². The SMILES string of the molecule is CC(C)NS(=O)(=O)c1ccc(NC(=O)CC2CCCC2)cc1. The predicted octanol–water partition coefficient (Wildman–Crippen LogP) is 2.89. The summed E-state index contributed by atoms with van der Waals surface area (Å²) in [6, 6.07) is 6.12. The number of carbonyl (C=O) groups is 1. The summed E-state index contributed by atoms with van der Waals surface area (Å²) in [5, 5.41) is 2.83. The first-order valence-corrected chi connectivity index (χ1v) is 9.27. The highest BCUT2D eigenvalue weighted by atomic mass is 32.2. The molecule has 6 heteroatoms. The van der Waals surface area contributed by atoms with Crippen molar-refractivity contribution in [3.63, 3.8) is 0 Å². The largest absolute Gasteiger partial charge is 0.326 e. The van der Waals surface area contributed by atoms with Gasteiger partial charge in [0.25, 0.3) is 0 Å². The van der Waals surface area contributed by atoms with Crippen LogP contribution < -0.4 is 10.0 Å². The van der Waals surface area contributed by atoms with Crippen LogP contribution in [0.2, 0.25) is 0 Å². The average molecular weight is 324 g/mol. The Balaban J connectivity index is 1.95. The third kappa shape index (κ3) is 4.81. The Labute approximate surface area is 132 Å². The zero-order valence-corrected chi connectivity index (χ0v) is 13.9. The molecule has 22 heavy (non-hydrogen) atoms. The fourth-order valence-corrected chi connectivity index (χ4v) is 4.04. The van der Waals surface area contributed by atoms with E-state index in [0.29, 0.717) is 18.0 Å². The number of rotatable bonds is 6. The number of benzene rings is 1. The van der Waals surface area contributed by atoms with Crippen LogP contribution in [0.3, 0.4) is 0 Å². The molecule has 122 valence electrons. The number of carbonyl (C=O) groups excluding carboxylic acids is 1. The van der Waals surface area contributed by atoms with E-state index in [2.05, 4.69) is 10.0 Å². The molecule has 0 radical (unpaired) electrons. The van der Waals surface area contributed by atoms with E-state index in [1.165, 1.54) is 25.0 Å². The highest BCUT2D eigenvalue weighted by Gasteiger charge is 2.19. The Morgan fingerprint density at radius 2 is 1.77 bits per heavy atom. The van der Waals surface area contributed by atoms with Crippen molar-refractivity contribution < 1.29 is 13.2 Å². The molecule has 0 heterocycles. The van der Waals surface area contributed by atoms with E-state index in [1.54, 1.807) is 26.0 Å². The van der Waals surface area contributed by atoms with Crippen molar-refractivity contribution >= 4 is 21.6 Å². The lowest BCUT2D eigenvalue weighted by Gasteiger charge is -2.11. The number of amides is 1. The lowest BCUT2D eigenvalue weighted by molar-refractivity contribution is -0.117. The minimum Gasteiger partial charge on any atom is -0.326 e. The van der Waals surface area contributed by atoms with Crippen LogP contribution >= 0.6 is 0 Å². The molecule has 1 aromatic carbocycles. The third-order valence-corrected chi connectivity index (χ3v) is 5.46. The lowest BCUT2D eigenvalue weighted by Crippen LogP contribution is -2.30. The van der Waals surface area contributed by atoms with Crippen molar-refractivity contribution in [2.24, 2.45) is 5.92 Å². The topological polar surface area (TPSA) is 75.3 Å². The first-order chi connectivity index (χ1) is 10.4. The second kappa shape index (κ2) is 7.24. The van der Waals surface area contributed by atoms with Crippen LogP contribution in [-0.4, -0.2) is 20.4 Å². The summed E-state index contributed by atoms with van der Waals surface area (Å²) in [4.78, 5) is 12.2. The normalized spacial score (nSPS) is 16.1. The number of nitrogens with one attached hydrogen (secondary N) is 2. The summed E-state index contributed by atoms with van der Waals surface area (Å²) in [5.74, 6) is 0.498. The van der Waals surface area contributed by atoms with E-state index in [9.17, 15) is 13.2 Å². The molecule has 0 unspecified atom stereocenters. The Kier molecular flexibility index (Phi) is 5.58. The average Bonchev–Trinajstić information content (AvgIpc) is 2.90. The van der Waals surface area contributed by atoms with Crippen molar-refractivity contribution in [1.82, 2.24) is 4.72 Å².